The van der Waals surface area contributed by atoms with Crippen molar-refractivity contribution < 1.29 is 18.0 Å². The van der Waals surface area contributed by atoms with Gasteiger partial charge in [-0.25, -0.2) is 18.7 Å². The van der Waals surface area contributed by atoms with Crippen LogP contribution in [0.15, 0.2) is 35.1 Å². The van der Waals surface area contributed by atoms with Crippen LogP contribution in [0.5, 0.6) is 0 Å². The first kappa shape index (κ1) is 15.7. The molecular formula is C16H12F2N4O2. The number of halogens is 2. The maximum absolute atomic E-state index is 13.5. The van der Waals surface area contributed by atoms with Crippen molar-refractivity contribution in [1.29, 1.82) is 0 Å². The Bertz CT molecular complexity index is 887. The number of nitrogens with one attached hydrogen (secondary N) is 1. The third kappa shape index (κ3) is 2.98. The minimum Gasteiger partial charge on any atom is -0.446 e. The lowest BCUT2D eigenvalue weighted by atomic mass is 10.2. The van der Waals surface area contributed by atoms with Crippen molar-refractivity contribution in [2.24, 2.45) is 0 Å². The quantitative estimate of drug-likeness (QED) is 0.797. The van der Waals surface area contributed by atoms with Crippen LogP contribution in [0.25, 0.3) is 11.3 Å². The molecule has 0 unspecified atom stereocenters. The molecule has 0 radical (unpaired) electrons. The van der Waals surface area contributed by atoms with Crippen molar-refractivity contribution in [2.75, 3.05) is 5.32 Å². The Balaban J connectivity index is 1.82. The first-order valence-electron chi connectivity index (χ1n) is 6.96. The number of rotatable bonds is 3. The third-order valence-corrected chi connectivity index (χ3v) is 3.26. The zero-order valence-corrected chi connectivity index (χ0v) is 12.8. The number of carbonyl (C=O) groups is 1. The predicted molar refractivity (Wildman–Crippen MR) is 81.3 cm³/mol. The Morgan fingerprint density at radius 2 is 1.83 bits per heavy atom. The first-order valence-corrected chi connectivity index (χ1v) is 6.96. The summed E-state index contributed by atoms with van der Waals surface area (Å²) in [6.07, 6.45) is 3.02. The normalized spacial score (nSPS) is 10.7. The van der Waals surface area contributed by atoms with Crippen molar-refractivity contribution in [2.45, 2.75) is 13.8 Å². The van der Waals surface area contributed by atoms with Crippen LogP contribution in [0.1, 0.15) is 22.0 Å². The largest absolute Gasteiger partial charge is 0.446 e. The van der Waals surface area contributed by atoms with Gasteiger partial charge in [-0.15, -0.1) is 0 Å². The zero-order chi connectivity index (χ0) is 17.3. The number of pyridine rings is 2. The van der Waals surface area contributed by atoms with Crippen LogP contribution in [0.4, 0.5) is 14.6 Å². The van der Waals surface area contributed by atoms with Gasteiger partial charge in [-0.05, 0) is 19.1 Å². The van der Waals surface area contributed by atoms with E-state index >= 15 is 0 Å². The molecule has 0 aliphatic carbocycles. The van der Waals surface area contributed by atoms with E-state index in [1.807, 2.05) is 0 Å². The van der Waals surface area contributed by atoms with Crippen molar-refractivity contribution >= 4 is 11.7 Å². The van der Waals surface area contributed by atoms with Crippen LogP contribution in [0.2, 0.25) is 0 Å². The Labute approximate surface area is 135 Å². The highest BCUT2D eigenvalue weighted by molar-refractivity contribution is 6.04. The molecule has 0 aromatic carbocycles. The van der Waals surface area contributed by atoms with E-state index in [9.17, 15) is 13.6 Å². The van der Waals surface area contributed by atoms with Gasteiger partial charge in [0.1, 0.15) is 22.8 Å². The van der Waals surface area contributed by atoms with E-state index in [1.165, 1.54) is 12.3 Å². The summed E-state index contributed by atoms with van der Waals surface area (Å²) >= 11 is 0. The lowest BCUT2D eigenvalue weighted by Crippen LogP contribution is -2.16. The highest BCUT2D eigenvalue weighted by Crippen LogP contribution is 2.23. The molecule has 3 aromatic heterocycles. The number of anilines is 1. The van der Waals surface area contributed by atoms with Crippen molar-refractivity contribution in [3.05, 3.63) is 59.6 Å². The van der Waals surface area contributed by atoms with Crippen molar-refractivity contribution in [3.63, 3.8) is 0 Å². The van der Waals surface area contributed by atoms with Gasteiger partial charge in [0, 0.05) is 18.7 Å². The van der Waals surface area contributed by atoms with Gasteiger partial charge in [0.15, 0.2) is 17.5 Å². The first-order chi connectivity index (χ1) is 11.5. The highest BCUT2D eigenvalue weighted by Gasteiger charge is 2.18. The molecule has 24 heavy (non-hydrogen) atoms. The molecule has 0 bridgehead atoms. The van der Waals surface area contributed by atoms with Gasteiger partial charge in [0.25, 0.3) is 5.91 Å². The van der Waals surface area contributed by atoms with Crippen LogP contribution in [-0.2, 0) is 0 Å². The average molecular weight is 330 g/mol. The van der Waals surface area contributed by atoms with Crippen LogP contribution in [0, 0.1) is 25.5 Å². The van der Waals surface area contributed by atoms with Crippen LogP contribution in [0.3, 0.4) is 0 Å². The third-order valence-electron chi connectivity index (χ3n) is 3.26. The molecule has 1 N–H and O–H groups in total. The number of amides is 1. The molecular weight excluding hydrogens is 318 g/mol. The molecule has 0 aliphatic heterocycles. The van der Waals surface area contributed by atoms with E-state index in [2.05, 4.69) is 20.3 Å². The maximum Gasteiger partial charge on any atom is 0.262 e. The topological polar surface area (TPSA) is 80.9 Å². The molecule has 6 nitrogen and oxygen atoms in total. The van der Waals surface area contributed by atoms with E-state index in [1.54, 1.807) is 19.9 Å². The second-order valence-corrected chi connectivity index (χ2v) is 5.00. The molecule has 8 heteroatoms. The number of oxazole rings is 1. The van der Waals surface area contributed by atoms with E-state index < -0.39 is 23.1 Å². The Morgan fingerprint density at radius 1 is 1.12 bits per heavy atom. The average Bonchev–Trinajstić information content (AvgIpc) is 2.86. The zero-order valence-electron chi connectivity index (χ0n) is 12.8. The summed E-state index contributed by atoms with van der Waals surface area (Å²) in [5.74, 6) is -1.70. The van der Waals surface area contributed by atoms with Gasteiger partial charge < -0.3 is 9.73 Å². The molecule has 0 spiro atoms. The predicted octanol–water partition coefficient (Wildman–Crippen LogP) is 3.28. The van der Waals surface area contributed by atoms with Gasteiger partial charge in [-0.3, -0.25) is 9.78 Å². The molecule has 1 amide bonds. The second-order valence-electron chi connectivity index (χ2n) is 5.00. The standard InChI is InChI=1S/C16H12F2N4O2/c1-8-15(21-9(2)24-8)10-3-4-13(20-5-10)22-16(23)14-11(17)6-19-7-12(14)18/h3-7H,1-2H3,(H,20,22,23). The number of aromatic nitrogens is 3. The van der Waals surface area contributed by atoms with Crippen LogP contribution < -0.4 is 5.32 Å². The SMILES string of the molecule is Cc1nc(-c2ccc(NC(=O)c3c(F)cncc3F)nc2)c(C)o1. The molecule has 0 saturated carbocycles. The maximum atomic E-state index is 13.5. The molecule has 0 saturated heterocycles. The van der Waals surface area contributed by atoms with Gasteiger partial charge >= 0.3 is 0 Å². The van der Waals surface area contributed by atoms with Crippen molar-refractivity contribution in [3.8, 4) is 11.3 Å². The Hall–Kier alpha value is -3.16. The highest BCUT2D eigenvalue weighted by atomic mass is 19.1. The Kier molecular flexibility index (Phi) is 4.03. The van der Waals surface area contributed by atoms with E-state index in [4.69, 9.17) is 4.42 Å². The fourth-order valence-electron chi connectivity index (χ4n) is 2.21. The smallest absolute Gasteiger partial charge is 0.262 e. The Morgan fingerprint density at radius 3 is 2.38 bits per heavy atom. The number of nitrogens with zero attached hydrogens (tertiary/aromatic N) is 3. The number of aryl methyl sites for hydroxylation is 2. The number of hydrogen-bond donors (Lipinski definition) is 1. The van der Waals surface area contributed by atoms with Gasteiger partial charge in [-0.2, -0.15) is 0 Å². The van der Waals surface area contributed by atoms with E-state index in [0.717, 1.165) is 12.4 Å². The summed E-state index contributed by atoms with van der Waals surface area (Å²) in [6.45, 7) is 3.51. The molecule has 122 valence electrons. The summed E-state index contributed by atoms with van der Waals surface area (Å²) in [4.78, 5) is 23.6. The minimum absolute atomic E-state index is 0.150. The second kappa shape index (κ2) is 6.15. The van der Waals surface area contributed by atoms with Crippen LogP contribution in [-0.4, -0.2) is 20.9 Å². The summed E-state index contributed by atoms with van der Waals surface area (Å²) in [6, 6.07) is 3.18. The summed E-state index contributed by atoms with van der Waals surface area (Å²) < 4.78 is 32.4. The molecule has 0 atom stereocenters. The molecule has 3 aromatic rings. The summed E-state index contributed by atoms with van der Waals surface area (Å²) in [7, 11) is 0. The summed E-state index contributed by atoms with van der Waals surface area (Å²) in [5, 5.41) is 2.34. The fourth-order valence-corrected chi connectivity index (χ4v) is 2.21. The van der Waals surface area contributed by atoms with E-state index in [-0.39, 0.29) is 5.82 Å². The molecule has 0 aliphatic rings. The lowest BCUT2D eigenvalue weighted by molar-refractivity contribution is 0.101. The van der Waals surface area contributed by atoms with Crippen LogP contribution >= 0.6 is 0 Å². The minimum atomic E-state index is -1.04. The molecule has 3 heterocycles. The van der Waals surface area contributed by atoms with Gasteiger partial charge in [0.2, 0.25) is 0 Å². The summed E-state index contributed by atoms with van der Waals surface area (Å²) in [5.41, 5.74) is 0.631. The number of hydrogen-bond acceptors (Lipinski definition) is 5. The van der Waals surface area contributed by atoms with Gasteiger partial charge in [-0.1, -0.05) is 0 Å². The number of carbonyl (C=O) groups excluding carboxylic acids is 1. The fraction of sp³-hybridized carbons (Fsp3) is 0.125. The lowest BCUT2D eigenvalue weighted by Gasteiger charge is -2.06. The van der Waals surface area contributed by atoms with Crippen molar-refractivity contribution in [1.82, 2.24) is 15.0 Å². The molecule has 0 fully saturated rings. The monoisotopic (exact) mass is 330 g/mol. The molecule has 3 rings (SSSR count). The van der Waals surface area contributed by atoms with E-state index in [0.29, 0.717) is 22.9 Å². The van der Waals surface area contributed by atoms with Gasteiger partial charge in [0.05, 0.1) is 12.4 Å².